The maximum absolute atomic E-state index is 6.04. The van der Waals surface area contributed by atoms with Gasteiger partial charge in [-0.05, 0) is 43.9 Å². The van der Waals surface area contributed by atoms with E-state index in [1.165, 1.54) is 24.8 Å². The van der Waals surface area contributed by atoms with Crippen LogP contribution in [-0.2, 0) is 0 Å². The number of nitrogens with two attached hydrogens (primary N) is 1. The lowest BCUT2D eigenvalue weighted by Crippen LogP contribution is -2.39. The fourth-order valence-electron chi connectivity index (χ4n) is 2.57. The quantitative estimate of drug-likeness (QED) is 0.815. The van der Waals surface area contributed by atoms with Gasteiger partial charge in [0.1, 0.15) is 0 Å². The summed E-state index contributed by atoms with van der Waals surface area (Å²) in [5.41, 5.74) is 9.38. The summed E-state index contributed by atoms with van der Waals surface area (Å²) in [7, 11) is 0. The minimum Gasteiger partial charge on any atom is -0.368 e. The van der Waals surface area contributed by atoms with Gasteiger partial charge in [0, 0.05) is 13.1 Å². The fraction of sp³-hybridized carbons (Fsp3) is 0.462. The van der Waals surface area contributed by atoms with Crippen LogP contribution in [-0.4, -0.2) is 22.7 Å². The Morgan fingerprint density at radius 3 is 2.71 bits per heavy atom. The van der Waals surface area contributed by atoms with Crippen LogP contribution in [0.3, 0.4) is 0 Å². The third kappa shape index (κ3) is 1.73. The fourth-order valence-corrected chi connectivity index (χ4v) is 2.57. The van der Waals surface area contributed by atoms with Gasteiger partial charge in [-0.25, -0.2) is 9.66 Å². The van der Waals surface area contributed by atoms with Crippen molar-refractivity contribution in [1.29, 1.82) is 0 Å². The number of hydrogen-bond acceptors (Lipinski definition) is 3. The van der Waals surface area contributed by atoms with Crippen molar-refractivity contribution in [2.75, 3.05) is 23.8 Å². The van der Waals surface area contributed by atoms with Crippen LogP contribution in [0.15, 0.2) is 18.2 Å². The molecule has 0 atom stereocenters. The van der Waals surface area contributed by atoms with Gasteiger partial charge in [-0.3, -0.25) is 0 Å². The summed E-state index contributed by atoms with van der Waals surface area (Å²) < 4.78 is 2.08. The van der Waals surface area contributed by atoms with Crippen molar-refractivity contribution in [3.8, 4) is 0 Å². The van der Waals surface area contributed by atoms with Crippen molar-refractivity contribution in [2.24, 2.45) is 0 Å². The van der Waals surface area contributed by atoms with Crippen LogP contribution < -0.4 is 10.7 Å². The van der Waals surface area contributed by atoms with Gasteiger partial charge < -0.3 is 10.7 Å². The molecule has 0 radical (unpaired) electrons. The van der Waals surface area contributed by atoms with Crippen LogP contribution in [0.5, 0.6) is 0 Å². The molecule has 17 heavy (non-hydrogen) atoms. The highest BCUT2D eigenvalue weighted by Crippen LogP contribution is 2.21. The summed E-state index contributed by atoms with van der Waals surface area (Å²) in [5, 5.41) is 2.31. The van der Waals surface area contributed by atoms with E-state index >= 15 is 0 Å². The number of benzene rings is 1. The molecule has 90 valence electrons. The Morgan fingerprint density at radius 1 is 1.18 bits per heavy atom. The first-order valence-electron chi connectivity index (χ1n) is 6.25. The maximum atomic E-state index is 6.04. The van der Waals surface area contributed by atoms with E-state index in [2.05, 4.69) is 39.8 Å². The zero-order valence-electron chi connectivity index (χ0n) is 10.2. The highest BCUT2D eigenvalue weighted by Gasteiger charge is 2.16. The number of rotatable bonds is 1. The molecule has 1 aromatic carbocycles. The van der Waals surface area contributed by atoms with Crippen LogP contribution in [0.4, 0.5) is 5.95 Å². The first kappa shape index (κ1) is 10.4. The monoisotopic (exact) mass is 230 g/mol. The lowest BCUT2D eigenvalue weighted by molar-refractivity contribution is 0.489. The van der Waals surface area contributed by atoms with E-state index < -0.39 is 0 Å². The van der Waals surface area contributed by atoms with E-state index in [9.17, 15) is 0 Å². The summed E-state index contributed by atoms with van der Waals surface area (Å²) in [6.45, 7) is 4.22. The molecule has 4 nitrogen and oxygen atoms in total. The van der Waals surface area contributed by atoms with Gasteiger partial charge in [-0.2, -0.15) is 0 Å². The van der Waals surface area contributed by atoms with E-state index in [-0.39, 0.29) is 0 Å². The first-order chi connectivity index (χ1) is 8.25. The molecule has 2 N–H and O–H groups in total. The van der Waals surface area contributed by atoms with Gasteiger partial charge in [0.15, 0.2) is 0 Å². The van der Waals surface area contributed by atoms with Crippen LogP contribution in [0, 0.1) is 6.92 Å². The molecular formula is C13H18N4. The lowest BCUT2D eigenvalue weighted by atomic mass is 10.2. The summed E-state index contributed by atoms with van der Waals surface area (Å²) in [4.78, 5) is 4.45. The molecule has 2 aromatic rings. The van der Waals surface area contributed by atoms with Gasteiger partial charge in [0.25, 0.3) is 0 Å². The summed E-state index contributed by atoms with van der Waals surface area (Å²) in [6, 6.07) is 6.32. The second-order valence-corrected chi connectivity index (χ2v) is 4.79. The molecule has 0 spiro atoms. The van der Waals surface area contributed by atoms with Crippen molar-refractivity contribution in [3.63, 3.8) is 0 Å². The molecule has 0 saturated carbocycles. The van der Waals surface area contributed by atoms with Gasteiger partial charge in [-0.1, -0.05) is 6.07 Å². The third-order valence-electron chi connectivity index (χ3n) is 3.43. The Balaban J connectivity index is 2.11. The van der Waals surface area contributed by atoms with Gasteiger partial charge >= 0.3 is 0 Å². The molecule has 3 rings (SSSR count). The molecule has 1 saturated heterocycles. The largest absolute Gasteiger partial charge is 0.368 e. The van der Waals surface area contributed by atoms with Crippen LogP contribution >= 0.6 is 0 Å². The molecule has 1 aromatic heterocycles. The number of nitrogen functional groups attached to an aromatic ring is 1. The number of imidazole rings is 1. The summed E-state index contributed by atoms with van der Waals surface area (Å²) in [6.07, 6.45) is 3.80. The third-order valence-corrected chi connectivity index (χ3v) is 3.43. The molecule has 1 aliphatic rings. The number of anilines is 1. The number of fused-ring (bicyclic) bond motifs is 1. The molecule has 0 aliphatic carbocycles. The molecule has 1 fully saturated rings. The predicted octanol–water partition coefficient (Wildman–Crippen LogP) is 2.05. The smallest absolute Gasteiger partial charge is 0.220 e. The Hall–Kier alpha value is -1.71. The standard InChI is InChI=1S/C13H18N4/c1-10-5-6-12-11(9-10)15-13(14)17(12)16-7-3-2-4-8-16/h5-6,9H,2-4,7-8H2,1H3,(H2,14,15). The summed E-state index contributed by atoms with van der Waals surface area (Å²) in [5.74, 6) is 0.604. The highest BCUT2D eigenvalue weighted by atomic mass is 15.6. The van der Waals surface area contributed by atoms with E-state index in [1.54, 1.807) is 0 Å². The van der Waals surface area contributed by atoms with Crippen molar-refractivity contribution in [1.82, 2.24) is 9.66 Å². The Kier molecular flexibility index (Phi) is 2.42. The van der Waals surface area contributed by atoms with Gasteiger partial charge in [0.2, 0.25) is 5.95 Å². The van der Waals surface area contributed by atoms with Gasteiger partial charge in [-0.15, -0.1) is 0 Å². The van der Waals surface area contributed by atoms with E-state index in [4.69, 9.17) is 5.73 Å². The summed E-state index contributed by atoms with van der Waals surface area (Å²) >= 11 is 0. The predicted molar refractivity (Wildman–Crippen MR) is 70.7 cm³/mol. The van der Waals surface area contributed by atoms with Gasteiger partial charge in [0.05, 0.1) is 11.0 Å². The minimum absolute atomic E-state index is 0.604. The molecule has 2 heterocycles. The zero-order chi connectivity index (χ0) is 11.8. The van der Waals surface area contributed by atoms with Crippen LogP contribution in [0.25, 0.3) is 11.0 Å². The van der Waals surface area contributed by atoms with Crippen LogP contribution in [0.1, 0.15) is 24.8 Å². The maximum Gasteiger partial charge on any atom is 0.220 e. The van der Waals surface area contributed by atoms with Crippen molar-refractivity contribution in [3.05, 3.63) is 23.8 Å². The number of piperidine rings is 1. The molecular weight excluding hydrogens is 212 g/mol. The number of nitrogens with zero attached hydrogens (tertiary/aromatic N) is 3. The van der Waals surface area contributed by atoms with E-state index in [0.29, 0.717) is 5.95 Å². The average Bonchev–Trinajstić information content (AvgIpc) is 2.65. The normalized spacial score (nSPS) is 16.6. The number of hydrogen-bond donors (Lipinski definition) is 1. The van der Waals surface area contributed by atoms with Crippen LogP contribution in [0.2, 0.25) is 0 Å². The van der Waals surface area contributed by atoms with E-state index in [1.807, 2.05) is 0 Å². The Labute approximate surface area is 101 Å². The highest BCUT2D eigenvalue weighted by molar-refractivity contribution is 5.79. The molecule has 0 unspecified atom stereocenters. The molecule has 0 amide bonds. The topological polar surface area (TPSA) is 47.1 Å². The average molecular weight is 230 g/mol. The molecule has 4 heteroatoms. The van der Waals surface area contributed by atoms with Crippen molar-refractivity contribution < 1.29 is 0 Å². The number of aromatic nitrogens is 2. The van der Waals surface area contributed by atoms with Crippen molar-refractivity contribution in [2.45, 2.75) is 26.2 Å². The minimum atomic E-state index is 0.604. The van der Waals surface area contributed by atoms with E-state index in [0.717, 1.165) is 24.1 Å². The number of aryl methyl sites for hydroxylation is 1. The zero-order valence-corrected chi connectivity index (χ0v) is 10.2. The molecule has 1 aliphatic heterocycles. The SMILES string of the molecule is Cc1ccc2c(c1)nc(N)n2N1CCCCC1. The first-order valence-corrected chi connectivity index (χ1v) is 6.25. The molecule has 0 bridgehead atoms. The second kappa shape index (κ2) is 3.95. The Morgan fingerprint density at radius 2 is 1.94 bits per heavy atom. The second-order valence-electron chi connectivity index (χ2n) is 4.79. The lowest BCUT2D eigenvalue weighted by Gasteiger charge is -2.30. The van der Waals surface area contributed by atoms with Crippen molar-refractivity contribution >= 4 is 17.0 Å². The Bertz CT molecular complexity index is 538.